The van der Waals surface area contributed by atoms with E-state index in [0.717, 1.165) is 21.9 Å². The molecule has 0 fully saturated rings. The van der Waals surface area contributed by atoms with Crippen molar-refractivity contribution in [2.45, 2.75) is 6.92 Å². The van der Waals surface area contributed by atoms with Gasteiger partial charge in [0.2, 0.25) is 5.52 Å². The predicted octanol–water partition coefficient (Wildman–Crippen LogP) is 5.26. The van der Waals surface area contributed by atoms with Crippen LogP contribution < -0.4 is 4.57 Å². The molecular formula is C23H16FN2+. The number of hydrogen-bond acceptors (Lipinski definition) is 0. The van der Waals surface area contributed by atoms with Gasteiger partial charge in [0.05, 0.1) is 16.4 Å². The average Bonchev–Trinajstić information content (AvgIpc) is 2.96. The number of rotatable bonds is 0. The van der Waals surface area contributed by atoms with E-state index < -0.39 is 0 Å². The van der Waals surface area contributed by atoms with Crippen molar-refractivity contribution < 1.29 is 8.96 Å². The average molecular weight is 339 g/mol. The minimum atomic E-state index is -0.204. The Morgan fingerprint density at radius 2 is 1.77 bits per heavy atom. The van der Waals surface area contributed by atoms with Crippen molar-refractivity contribution in [3.63, 3.8) is 0 Å². The van der Waals surface area contributed by atoms with Crippen molar-refractivity contribution in [2.24, 2.45) is 7.05 Å². The van der Waals surface area contributed by atoms with E-state index in [1.165, 1.54) is 32.6 Å². The lowest BCUT2D eigenvalue weighted by Crippen LogP contribution is -2.28. The second kappa shape index (κ2) is 4.50. The Morgan fingerprint density at radius 1 is 0.885 bits per heavy atom. The molecular weight excluding hydrogens is 323 g/mol. The Labute approximate surface area is 149 Å². The van der Waals surface area contributed by atoms with Crippen LogP contribution in [0.1, 0.15) is 5.56 Å². The molecule has 0 bridgehead atoms. The first-order chi connectivity index (χ1) is 12.6. The summed E-state index contributed by atoms with van der Waals surface area (Å²) in [6.07, 6.45) is 2.11. The number of halogens is 1. The smallest absolute Gasteiger partial charge is 0.238 e. The van der Waals surface area contributed by atoms with Gasteiger partial charge in [0.1, 0.15) is 18.4 Å². The molecule has 0 saturated carbocycles. The number of nitrogens with zero attached hydrogens (tertiary/aromatic N) is 2. The minimum absolute atomic E-state index is 0.204. The molecule has 0 atom stereocenters. The van der Waals surface area contributed by atoms with Crippen LogP contribution in [-0.2, 0) is 7.05 Å². The van der Waals surface area contributed by atoms with E-state index in [4.69, 9.17) is 0 Å². The van der Waals surface area contributed by atoms with Gasteiger partial charge in [-0.2, -0.15) is 4.57 Å². The Bertz CT molecular complexity index is 1510. The second-order valence-corrected chi connectivity index (χ2v) is 7.17. The number of aromatic nitrogens is 2. The summed E-state index contributed by atoms with van der Waals surface area (Å²) in [5.74, 6) is -0.204. The minimum Gasteiger partial charge on any atom is -0.303 e. The third-order valence-electron chi connectivity index (χ3n) is 5.72. The highest BCUT2D eigenvalue weighted by Gasteiger charge is 2.23. The summed E-state index contributed by atoms with van der Waals surface area (Å²) >= 11 is 0. The third kappa shape index (κ3) is 1.50. The first kappa shape index (κ1) is 14.0. The Balaban J connectivity index is 2.15. The fraction of sp³-hybridized carbons (Fsp3) is 0.0870. The number of benzene rings is 3. The van der Waals surface area contributed by atoms with Crippen LogP contribution in [0, 0.1) is 12.7 Å². The molecule has 0 N–H and O–H groups in total. The largest absolute Gasteiger partial charge is 0.303 e. The summed E-state index contributed by atoms with van der Waals surface area (Å²) in [5.41, 5.74) is 5.67. The summed E-state index contributed by atoms with van der Waals surface area (Å²) in [6, 6.07) is 18.0. The molecule has 124 valence electrons. The monoisotopic (exact) mass is 339 g/mol. The van der Waals surface area contributed by atoms with Crippen LogP contribution in [0.4, 0.5) is 4.39 Å². The summed E-state index contributed by atoms with van der Waals surface area (Å²) in [5, 5.41) is 5.99. The van der Waals surface area contributed by atoms with Crippen molar-refractivity contribution in [2.75, 3.05) is 0 Å². The van der Waals surface area contributed by atoms with Gasteiger partial charge in [-0.05, 0) is 42.1 Å². The predicted molar refractivity (Wildman–Crippen MR) is 104 cm³/mol. The van der Waals surface area contributed by atoms with Crippen molar-refractivity contribution in [1.29, 1.82) is 0 Å². The van der Waals surface area contributed by atoms with Gasteiger partial charge in [0.25, 0.3) is 0 Å². The molecule has 3 aromatic carbocycles. The molecule has 0 aliphatic carbocycles. The molecule has 3 heterocycles. The third-order valence-corrected chi connectivity index (χ3v) is 5.72. The zero-order valence-electron chi connectivity index (χ0n) is 14.5. The maximum atomic E-state index is 14.1. The maximum absolute atomic E-state index is 14.1. The molecule has 6 aromatic rings. The molecule has 0 amide bonds. The molecule has 6 rings (SSSR count). The van der Waals surface area contributed by atoms with E-state index in [0.29, 0.717) is 0 Å². The van der Waals surface area contributed by atoms with Gasteiger partial charge >= 0.3 is 0 Å². The van der Waals surface area contributed by atoms with Crippen molar-refractivity contribution >= 4 is 49.0 Å². The number of pyridine rings is 2. The van der Waals surface area contributed by atoms with E-state index in [1.54, 1.807) is 12.1 Å². The molecule has 0 unspecified atom stereocenters. The highest BCUT2D eigenvalue weighted by atomic mass is 19.1. The molecule has 3 heteroatoms. The lowest BCUT2D eigenvalue weighted by Gasteiger charge is -2.12. The molecule has 2 nitrogen and oxygen atoms in total. The Kier molecular flexibility index (Phi) is 2.42. The van der Waals surface area contributed by atoms with Crippen molar-refractivity contribution in [3.05, 3.63) is 72.2 Å². The standard InChI is InChI=1S/C23H16FN2/c1-13-6-7-14-4-3-5-18-21(14)20(13)23-22-17(10-11-25(23)2)16-9-8-15(24)12-19(16)26(18)22/h3-12H,1-2H3/q+1. The summed E-state index contributed by atoms with van der Waals surface area (Å²) in [4.78, 5) is 0. The van der Waals surface area contributed by atoms with Crippen LogP contribution in [0.2, 0.25) is 0 Å². The lowest BCUT2D eigenvalue weighted by molar-refractivity contribution is -0.644. The quantitative estimate of drug-likeness (QED) is 0.203. The lowest BCUT2D eigenvalue weighted by atomic mass is 9.98. The van der Waals surface area contributed by atoms with Gasteiger partial charge in [0.15, 0.2) is 6.20 Å². The van der Waals surface area contributed by atoms with Gasteiger partial charge in [-0.3, -0.25) is 0 Å². The molecule has 0 spiro atoms. The summed E-state index contributed by atoms with van der Waals surface area (Å²) in [6.45, 7) is 2.17. The van der Waals surface area contributed by atoms with Gasteiger partial charge in [-0.1, -0.05) is 24.3 Å². The maximum Gasteiger partial charge on any atom is 0.238 e. The normalized spacial score (nSPS) is 12.4. The number of fused-ring (bicyclic) bond motifs is 5. The summed E-state index contributed by atoms with van der Waals surface area (Å²) in [7, 11) is 2.09. The van der Waals surface area contributed by atoms with Gasteiger partial charge in [-0.15, -0.1) is 0 Å². The first-order valence-electron chi connectivity index (χ1n) is 8.80. The van der Waals surface area contributed by atoms with E-state index in [1.807, 2.05) is 6.07 Å². The fourth-order valence-corrected chi connectivity index (χ4v) is 4.62. The highest BCUT2D eigenvalue weighted by Crippen LogP contribution is 2.40. The Hall–Kier alpha value is -3.20. The van der Waals surface area contributed by atoms with E-state index in [9.17, 15) is 4.39 Å². The van der Waals surface area contributed by atoms with Crippen LogP contribution in [0.15, 0.2) is 60.8 Å². The zero-order chi connectivity index (χ0) is 17.6. The molecule has 0 aliphatic rings. The van der Waals surface area contributed by atoms with Crippen LogP contribution in [0.25, 0.3) is 49.0 Å². The van der Waals surface area contributed by atoms with E-state index in [2.05, 4.69) is 65.5 Å². The van der Waals surface area contributed by atoms with Crippen molar-refractivity contribution in [3.8, 4) is 0 Å². The van der Waals surface area contributed by atoms with Crippen molar-refractivity contribution in [1.82, 2.24) is 4.40 Å². The van der Waals surface area contributed by atoms with E-state index in [-0.39, 0.29) is 5.82 Å². The molecule has 0 radical (unpaired) electrons. The highest BCUT2D eigenvalue weighted by molar-refractivity contribution is 6.25. The van der Waals surface area contributed by atoms with Crippen LogP contribution in [-0.4, -0.2) is 4.40 Å². The van der Waals surface area contributed by atoms with E-state index >= 15 is 0 Å². The first-order valence-corrected chi connectivity index (χ1v) is 8.80. The second-order valence-electron chi connectivity index (χ2n) is 7.17. The molecule has 3 aromatic heterocycles. The number of aryl methyl sites for hydroxylation is 2. The summed E-state index contributed by atoms with van der Waals surface area (Å²) < 4.78 is 18.5. The Morgan fingerprint density at radius 3 is 2.65 bits per heavy atom. The molecule has 0 aliphatic heterocycles. The molecule has 26 heavy (non-hydrogen) atoms. The van der Waals surface area contributed by atoms with Gasteiger partial charge in [0, 0.05) is 22.2 Å². The zero-order valence-corrected chi connectivity index (χ0v) is 14.5. The van der Waals surface area contributed by atoms with Gasteiger partial charge in [-0.25, -0.2) is 4.39 Å². The topological polar surface area (TPSA) is 8.29 Å². The van der Waals surface area contributed by atoms with Gasteiger partial charge < -0.3 is 4.40 Å². The van der Waals surface area contributed by atoms with Crippen LogP contribution in [0.5, 0.6) is 0 Å². The van der Waals surface area contributed by atoms with Crippen LogP contribution >= 0.6 is 0 Å². The SMILES string of the molecule is Cc1ccc2cccc3c2c1c1c2c(cc[n+]1C)c1ccc(F)cc1n32. The van der Waals surface area contributed by atoms with Crippen LogP contribution in [0.3, 0.4) is 0 Å². The molecule has 0 saturated heterocycles. The fourth-order valence-electron chi connectivity index (χ4n) is 4.62. The number of hydrogen-bond donors (Lipinski definition) is 0.